The Morgan fingerprint density at radius 3 is 2.39 bits per heavy atom. The highest BCUT2D eigenvalue weighted by atomic mass is 19.4. The van der Waals surface area contributed by atoms with Crippen LogP contribution in [0.25, 0.3) is 0 Å². The van der Waals surface area contributed by atoms with Crippen molar-refractivity contribution in [1.29, 1.82) is 0 Å². The van der Waals surface area contributed by atoms with Crippen LogP contribution in [0, 0.1) is 5.82 Å². The molecule has 4 nitrogen and oxygen atoms in total. The first kappa shape index (κ1) is 22.8. The molecular formula is C18H13F9N2O2. The first-order valence-electron chi connectivity index (χ1n) is 8.58. The molecule has 1 aromatic carbocycles. The molecule has 1 aliphatic heterocycles. The molecule has 1 aliphatic rings. The quantitative estimate of drug-likeness (QED) is 0.589. The summed E-state index contributed by atoms with van der Waals surface area (Å²) >= 11 is 0. The predicted octanol–water partition coefficient (Wildman–Crippen LogP) is 5.23. The van der Waals surface area contributed by atoms with Crippen molar-refractivity contribution in [1.82, 2.24) is 4.57 Å². The Hall–Kier alpha value is -2.86. The fraction of sp³-hybridized carbons (Fsp3) is 0.389. The number of rotatable bonds is 3. The van der Waals surface area contributed by atoms with Crippen molar-refractivity contribution < 1.29 is 49.0 Å². The molecule has 0 N–H and O–H groups in total. The number of pyridine rings is 1. The Morgan fingerprint density at radius 2 is 1.81 bits per heavy atom. The molecule has 0 fully saturated rings. The van der Waals surface area contributed by atoms with Gasteiger partial charge in [0.15, 0.2) is 22.8 Å². The molecule has 3 rings (SSSR count). The molecule has 0 saturated carbocycles. The van der Waals surface area contributed by atoms with Gasteiger partial charge in [-0.05, 0) is 12.1 Å². The molecule has 31 heavy (non-hydrogen) atoms. The van der Waals surface area contributed by atoms with Gasteiger partial charge >= 0.3 is 19.0 Å². The zero-order valence-corrected chi connectivity index (χ0v) is 15.5. The van der Waals surface area contributed by atoms with Crippen LogP contribution in [0.3, 0.4) is 0 Å². The molecular weight excluding hydrogens is 447 g/mol. The topological polar surface area (TPSA) is 35.8 Å². The van der Waals surface area contributed by atoms with E-state index in [0.29, 0.717) is 18.3 Å². The zero-order valence-electron chi connectivity index (χ0n) is 15.5. The lowest BCUT2D eigenvalue weighted by atomic mass is 9.98. The van der Waals surface area contributed by atoms with Crippen molar-refractivity contribution in [2.75, 3.05) is 6.61 Å². The van der Waals surface area contributed by atoms with Gasteiger partial charge in [-0.2, -0.15) is 35.1 Å². The van der Waals surface area contributed by atoms with Gasteiger partial charge in [-0.3, -0.25) is 4.99 Å². The molecule has 0 bridgehead atoms. The standard InChI is InChI=1S/C18H13F9N2O2/c1-29-7-8(17(22,23)24)6-12(31-16(20)21)15(29)28-11-4-5-30-14-9(11)2-3-10(13(14)19)18(25,26)27/h2-3,6-7,11,16H,4-5H2,1H3/b28-15-. The summed E-state index contributed by atoms with van der Waals surface area (Å²) in [4.78, 5) is 4.08. The molecule has 13 heteroatoms. The van der Waals surface area contributed by atoms with Gasteiger partial charge < -0.3 is 14.0 Å². The number of benzene rings is 1. The van der Waals surface area contributed by atoms with Gasteiger partial charge in [0, 0.05) is 25.2 Å². The molecule has 1 atom stereocenters. The summed E-state index contributed by atoms with van der Waals surface area (Å²) in [5.41, 5.74) is -3.39. The summed E-state index contributed by atoms with van der Waals surface area (Å²) in [7, 11) is 1.10. The Balaban J connectivity index is 2.16. The molecule has 170 valence electrons. The van der Waals surface area contributed by atoms with Crippen LogP contribution in [0.4, 0.5) is 39.5 Å². The van der Waals surface area contributed by atoms with E-state index >= 15 is 0 Å². The maximum absolute atomic E-state index is 14.3. The number of halogens is 9. The number of hydrogen-bond donors (Lipinski definition) is 0. The number of nitrogens with zero attached hydrogens (tertiary/aromatic N) is 2. The second-order valence-corrected chi connectivity index (χ2v) is 6.53. The van der Waals surface area contributed by atoms with E-state index < -0.39 is 58.9 Å². The maximum Gasteiger partial charge on any atom is 0.419 e. The van der Waals surface area contributed by atoms with Gasteiger partial charge in [-0.1, -0.05) is 6.07 Å². The van der Waals surface area contributed by atoms with Crippen molar-refractivity contribution in [3.05, 3.63) is 52.4 Å². The minimum Gasteiger partial charge on any atom is -0.490 e. The predicted molar refractivity (Wildman–Crippen MR) is 86.9 cm³/mol. The van der Waals surface area contributed by atoms with E-state index in [0.717, 1.165) is 17.7 Å². The van der Waals surface area contributed by atoms with Crippen LogP contribution in [0.5, 0.6) is 11.5 Å². The molecule has 1 unspecified atom stereocenters. The highest BCUT2D eigenvalue weighted by Crippen LogP contribution is 2.42. The van der Waals surface area contributed by atoms with Crippen LogP contribution in [-0.2, 0) is 19.4 Å². The number of hydrogen-bond acceptors (Lipinski definition) is 3. The van der Waals surface area contributed by atoms with E-state index in [4.69, 9.17) is 4.74 Å². The molecule has 0 radical (unpaired) electrons. The number of fused-ring (bicyclic) bond motifs is 1. The number of alkyl halides is 8. The lowest BCUT2D eigenvalue weighted by molar-refractivity contribution is -0.140. The first-order chi connectivity index (χ1) is 14.3. The molecule has 0 spiro atoms. The largest absolute Gasteiger partial charge is 0.490 e. The van der Waals surface area contributed by atoms with Crippen LogP contribution >= 0.6 is 0 Å². The van der Waals surface area contributed by atoms with E-state index in [9.17, 15) is 39.5 Å². The van der Waals surface area contributed by atoms with Crippen molar-refractivity contribution in [2.24, 2.45) is 12.0 Å². The van der Waals surface area contributed by atoms with Gasteiger partial charge in [-0.25, -0.2) is 4.39 Å². The van der Waals surface area contributed by atoms with Crippen LogP contribution in [-0.4, -0.2) is 17.8 Å². The third-order valence-corrected chi connectivity index (χ3v) is 4.42. The first-order valence-corrected chi connectivity index (χ1v) is 8.58. The van der Waals surface area contributed by atoms with Crippen molar-refractivity contribution in [3.8, 4) is 11.5 Å². The highest BCUT2D eigenvalue weighted by Gasteiger charge is 2.38. The fourth-order valence-electron chi connectivity index (χ4n) is 3.09. The number of ether oxygens (including phenoxy) is 2. The zero-order chi connectivity index (χ0) is 23.1. The second kappa shape index (κ2) is 8.00. The Kier molecular flexibility index (Phi) is 5.89. The Bertz CT molecular complexity index is 1040. The van der Waals surface area contributed by atoms with Crippen molar-refractivity contribution >= 4 is 0 Å². The summed E-state index contributed by atoms with van der Waals surface area (Å²) in [6, 6.07) is 0.656. The summed E-state index contributed by atoms with van der Waals surface area (Å²) in [5.74, 6) is -3.26. The van der Waals surface area contributed by atoms with E-state index in [2.05, 4.69) is 9.73 Å². The molecule has 0 amide bonds. The van der Waals surface area contributed by atoms with Crippen molar-refractivity contribution in [3.63, 3.8) is 0 Å². The summed E-state index contributed by atoms with van der Waals surface area (Å²) < 4.78 is 128. The molecule has 2 aromatic rings. The minimum absolute atomic E-state index is 0.00689. The van der Waals surface area contributed by atoms with E-state index in [-0.39, 0.29) is 18.6 Å². The summed E-state index contributed by atoms with van der Waals surface area (Å²) in [6.45, 7) is -3.72. The number of aryl methyl sites for hydroxylation is 1. The minimum atomic E-state index is -4.98. The number of aromatic nitrogens is 1. The van der Waals surface area contributed by atoms with E-state index in [1.807, 2.05) is 0 Å². The van der Waals surface area contributed by atoms with E-state index in [1.54, 1.807) is 0 Å². The van der Waals surface area contributed by atoms with Gasteiger partial charge in [-0.15, -0.1) is 0 Å². The summed E-state index contributed by atoms with van der Waals surface area (Å²) in [5, 5.41) is 0. The molecule has 0 aliphatic carbocycles. The molecule has 1 aromatic heterocycles. The van der Waals surface area contributed by atoms with Crippen LogP contribution < -0.4 is 15.0 Å². The average Bonchev–Trinajstić information content (AvgIpc) is 2.62. The van der Waals surface area contributed by atoms with Crippen LogP contribution in [0.1, 0.15) is 29.2 Å². The third kappa shape index (κ3) is 4.74. The third-order valence-electron chi connectivity index (χ3n) is 4.42. The molecule has 2 heterocycles. The summed E-state index contributed by atoms with van der Waals surface area (Å²) in [6.07, 6.45) is -9.25. The van der Waals surface area contributed by atoms with Gasteiger partial charge in [0.25, 0.3) is 0 Å². The normalized spacial score (nSPS) is 17.5. The smallest absolute Gasteiger partial charge is 0.419 e. The lowest BCUT2D eigenvalue weighted by Crippen LogP contribution is -2.27. The fourth-order valence-corrected chi connectivity index (χ4v) is 3.09. The van der Waals surface area contributed by atoms with Gasteiger partial charge in [0.05, 0.1) is 23.8 Å². The van der Waals surface area contributed by atoms with Gasteiger partial charge in [0.1, 0.15) is 0 Å². The van der Waals surface area contributed by atoms with E-state index in [1.165, 1.54) is 0 Å². The lowest BCUT2D eigenvalue weighted by Gasteiger charge is -2.25. The van der Waals surface area contributed by atoms with Crippen LogP contribution in [0.15, 0.2) is 29.4 Å². The Labute approximate surface area is 168 Å². The SMILES string of the molecule is Cn1cc(C(F)(F)F)cc(OC(F)F)/c1=N/C1CCOc2c1ccc(C(F)(F)F)c2F. The average molecular weight is 460 g/mol. The monoisotopic (exact) mass is 460 g/mol. The van der Waals surface area contributed by atoms with Gasteiger partial charge in [0.2, 0.25) is 0 Å². The highest BCUT2D eigenvalue weighted by molar-refractivity contribution is 5.44. The maximum atomic E-state index is 14.3. The van der Waals surface area contributed by atoms with Crippen molar-refractivity contribution in [2.45, 2.75) is 31.4 Å². The Morgan fingerprint density at radius 1 is 1.13 bits per heavy atom. The molecule has 0 saturated heterocycles. The van der Waals surface area contributed by atoms with Crippen LogP contribution in [0.2, 0.25) is 0 Å². The second-order valence-electron chi connectivity index (χ2n) is 6.53.